The summed E-state index contributed by atoms with van der Waals surface area (Å²) in [6.45, 7) is 0. The number of halogens is 2. The smallest absolute Gasteiger partial charge is 0.141 e. The van der Waals surface area contributed by atoms with Gasteiger partial charge in [0.1, 0.15) is 5.82 Å². The fourth-order valence-electron chi connectivity index (χ4n) is 2.03. The van der Waals surface area contributed by atoms with Gasteiger partial charge in [-0.25, -0.2) is 4.39 Å². The molecule has 0 saturated heterocycles. The molecule has 0 aliphatic heterocycles. The van der Waals surface area contributed by atoms with Crippen molar-refractivity contribution in [1.82, 2.24) is 0 Å². The van der Waals surface area contributed by atoms with Gasteiger partial charge in [-0.2, -0.15) is 0 Å². The van der Waals surface area contributed by atoms with E-state index in [1.807, 2.05) is 18.2 Å². The van der Waals surface area contributed by atoms with Crippen LogP contribution in [0.5, 0.6) is 0 Å². The van der Waals surface area contributed by atoms with Gasteiger partial charge >= 0.3 is 0 Å². The van der Waals surface area contributed by atoms with E-state index in [2.05, 4.69) is 12.1 Å². The summed E-state index contributed by atoms with van der Waals surface area (Å²) in [7, 11) is 0. The maximum absolute atomic E-state index is 13.0. The first kappa shape index (κ1) is 14.0. The summed E-state index contributed by atoms with van der Waals surface area (Å²) in [4.78, 5) is 0. The number of rotatable bonds is 5. The Morgan fingerprint density at radius 3 is 2.53 bits per heavy atom. The molecule has 0 aromatic heterocycles. The first-order chi connectivity index (χ1) is 9.16. The second-order valence-corrected chi connectivity index (χ2v) is 4.97. The highest BCUT2D eigenvalue weighted by atomic mass is 35.5. The summed E-state index contributed by atoms with van der Waals surface area (Å²) in [6.07, 6.45) is 1.84. The molecule has 0 aliphatic carbocycles. The maximum Gasteiger partial charge on any atom is 0.141 e. The Morgan fingerprint density at radius 2 is 1.84 bits per heavy atom. The number of aliphatic hydroxyl groups is 1. The molecule has 2 rings (SSSR count). The first-order valence-corrected chi connectivity index (χ1v) is 6.71. The van der Waals surface area contributed by atoms with E-state index in [1.165, 1.54) is 17.7 Å². The van der Waals surface area contributed by atoms with Gasteiger partial charge in [0.2, 0.25) is 0 Å². The standard InChI is InChI=1S/C16H16ClFO/c17-14-11-13(9-10-15(14)18)16(19)8-4-7-12-5-2-1-3-6-12/h1-3,5-6,9-11,16,19H,4,7-8H2. The van der Waals surface area contributed by atoms with Gasteiger partial charge in [-0.05, 0) is 42.5 Å². The zero-order valence-corrected chi connectivity index (χ0v) is 11.3. The molecule has 1 unspecified atom stereocenters. The Labute approximate surface area is 117 Å². The van der Waals surface area contributed by atoms with Crippen molar-refractivity contribution < 1.29 is 9.50 Å². The lowest BCUT2D eigenvalue weighted by Crippen LogP contribution is -1.99. The number of aryl methyl sites for hydroxylation is 1. The van der Waals surface area contributed by atoms with Crippen LogP contribution in [0, 0.1) is 5.82 Å². The van der Waals surface area contributed by atoms with E-state index in [4.69, 9.17) is 11.6 Å². The van der Waals surface area contributed by atoms with Gasteiger partial charge in [-0.15, -0.1) is 0 Å². The van der Waals surface area contributed by atoms with E-state index in [0.29, 0.717) is 12.0 Å². The Morgan fingerprint density at radius 1 is 1.11 bits per heavy atom. The van der Waals surface area contributed by atoms with Crippen molar-refractivity contribution in [2.45, 2.75) is 25.4 Å². The molecule has 0 fully saturated rings. The minimum Gasteiger partial charge on any atom is -0.388 e. The average molecular weight is 279 g/mol. The van der Waals surface area contributed by atoms with Crippen molar-refractivity contribution in [1.29, 1.82) is 0 Å². The van der Waals surface area contributed by atoms with E-state index in [1.54, 1.807) is 6.07 Å². The number of benzene rings is 2. The molecule has 100 valence electrons. The van der Waals surface area contributed by atoms with Crippen LogP contribution in [0.4, 0.5) is 4.39 Å². The molecule has 0 bridgehead atoms. The zero-order valence-electron chi connectivity index (χ0n) is 10.5. The first-order valence-electron chi connectivity index (χ1n) is 6.34. The molecular weight excluding hydrogens is 263 g/mol. The lowest BCUT2D eigenvalue weighted by Gasteiger charge is -2.11. The Bertz CT molecular complexity index is 528. The van der Waals surface area contributed by atoms with E-state index < -0.39 is 11.9 Å². The van der Waals surface area contributed by atoms with Crippen LogP contribution in [0.2, 0.25) is 5.02 Å². The lowest BCUT2D eigenvalue weighted by molar-refractivity contribution is 0.164. The van der Waals surface area contributed by atoms with Gasteiger partial charge in [0.05, 0.1) is 11.1 Å². The highest BCUT2D eigenvalue weighted by Gasteiger charge is 2.09. The Hall–Kier alpha value is -1.38. The van der Waals surface area contributed by atoms with Crippen molar-refractivity contribution in [3.8, 4) is 0 Å². The largest absolute Gasteiger partial charge is 0.388 e. The normalized spacial score (nSPS) is 12.4. The van der Waals surface area contributed by atoms with Crippen LogP contribution in [-0.2, 0) is 6.42 Å². The molecule has 0 aliphatic rings. The predicted molar refractivity (Wildman–Crippen MR) is 75.7 cm³/mol. The van der Waals surface area contributed by atoms with Crippen molar-refractivity contribution >= 4 is 11.6 Å². The summed E-state index contributed by atoms with van der Waals surface area (Å²) in [5.74, 6) is -0.457. The van der Waals surface area contributed by atoms with E-state index >= 15 is 0 Å². The van der Waals surface area contributed by atoms with Crippen LogP contribution < -0.4 is 0 Å². The summed E-state index contributed by atoms with van der Waals surface area (Å²) < 4.78 is 13.0. The van der Waals surface area contributed by atoms with Gasteiger partial charge in [0.25, 0.3) is 0 Å². The van der Waals surface area contributed by atoms with E-state index in [9.17, 15) is 9.50 Å². The van der Waals surface area contributed by atoms with E-state index in [0.717, 1.165) is 12.8 Å². The van der Waals surface area contributed by atoms with Crippen LogP contribution in [0.25, 0.3) is 0 Å². The van der Waals surface area contributed by atoms with Crippen LogP contribution in [0.15, 0.2) is 48.5 Å². The predicted octanol–water partition coefficient (Wildman–Crippen LogP) is 4.54. The number of hydrogen-bond acceptors (Lipinski definition) is 1. The van der Waals surface area contributed by atoms with Crippen molar-refractivity contribution in [3.05, 3.63) is 70.5 Å². The van der Waals surface area contributed by atoms with Crippen LogP contribution in [0.3, 0.4) is 0 Å². The SMILES string of the molecule is OC(CCCc1ccccc1)c1ccc(F)c(Cl)c1. The van der Waals surface area contributed by atoms with Gasteiger partial charge in [-0.1, -0.05) is 48.0 Å². The zero-order chi connectivity index (χ0) is 13.7. The molecule has 19 heavy (non-hydrogen) atoms. The van der Waals surface area contributed by atoms with Crippen LogP contribution in [-0.4, -0.2) is 5.11 Å². The molecule has 0 radical (unpaired) electrons. The summed E-state index contributed by atoms with van der Waals surface area (Å²) >= 11 is 5.70. The molecule has 2 aromatic carbocycles. The molecule has 2 aromatic rings. The molecule has 0 heterocycles. The quantitative estimate of drug-likeness (QED) is 0.851. The maximum atomic E-state index is 13.0. The van der Waals surface area contributed by atoms with Crippen LogP contribution >= 0.6 is 11.6 Å². The van der Waals surface area contributed by atoms with Gasteiger partial charge in [0.15, 0.2) is 0 Å². The van der Waals surface area contributed by atoms with Gasteiger partial charge in [-0.3, -0.25) is 0 Å². The minimum absolute atomic E-state index is 0.0552. The fourth-order valence-corrected chi connectivity index (χ4v) is 2.22. The minimum atomic E-state index is -0.596. The molecule has 1 N–H and O–H groups in total. The number of aliphatic hydroxyl groups excluding tert-OH is 1. The van der Waals surface area contributed by atoms with Crippen molar-refractivity contribution in [2.75, 3.05) is 0 Å². The average Bonchev–Trinajstić information content (AvgIpc) is 2.43. The molecule has 3 heteroatoms. The third-order valence-corrected chi connectivity index (χ3v) is 3.40. The summed E-state index contributed by atoms with van der Waals surface area (Å²) in [5.41, 5.74) is 1.92. The topological polar surface area (TPSA) is 20.2 Å². The highest BCUT2D eigenvalue weighted by Crippen LogP contribution is 2.24. The molecule has 1 atom stereocenters. The molecular formula is C16H16ClFO. The highest BCUT2D eigenvalue weighted by molar-refractivity contribution is 6.30. The lowest BCUT2D eigenvalue weighted by atomic mass is 10.0. The summed E-state index contributed by atoms with van der Waals surface area (Å²) in [5, 5.41) is 10.1. The summed E-state index contributed by atoms with van der Waals surface area (Å²) in [6, 6.07) is 14.5. The van der Waals surface area contributed by atoms with Crippen LogP contribution in [0.1, 0.15) is 30.1 Å². The molecule has 0 saturated carbocycles. The fraction of sp³-hybridized carbons (Fsp3) is 0.250. The Balaban J connectivity index is 1.87. The second kappa shape index (κ2) is 6.69. The molecule has 1 nitrogen and oxygen atoms in total. The number of hydrogen-bond donors (Lipinski definition) is 1. The monoisotopic (exact) mass is 278 g/mol. The van der Waals surface area contributed by atoms with E-state index in [-0.39, 0.29) is 5.02 Å². The van der Waals surface area contributed by atoms with Crippen molar-refractivity contribution in [2.24, 2.45) is 0 Å². The second-order valence-electron chi connectivity index (χ2n) is 4.57. The van der Waals surface area contributed by atoms with Crippen molar-refractivity contribution in [3.63, 3.8) is 0 Å². The van der Waals surface area contributed by atoms with Gasteiger partial charge in [0, 0.05) is 0 Å². The third kappa shape index (κ3) is 4.05. The van der Waals surface area contributed by atoms with Gasteiger partial charge < -0.3 is 5.11 Å². The molecule has 0 amide bonds. The third-order valence-electron chi connectivity index (χ3n) is 3.11. The Kier molecular flexibility index (Phi) is 4.94. The molecule has 0 spiro atoms.